The zero-order valence-corrected chi connectivity index (χ0v) is 14.5. The van der Waals surface area contributed by atoms with Gasteiger partial charge in [0.25, 0.3) is 0 Å². The second-order valence-electron chi connectivity index (χ2n) is 5.39. The Labute approximate surface area is 155 Å². The summed E-state index contributed by atoms with van der Waals surface area (Å²) >= 11 is 6.12. The van der Waals surface area contributed by atoms with E-state index in [4.69, 9.17) is 11.6 Å². The van der Waals surface area contributed by atoms with Gasteiger partial charge < -0.3 is 5.32 Å². The summed E-state index contributed by atoms with van der Waals surface area (Å²) in [7, 11) is 0. The number of nitrogens with zero attached hydrogens (tertiary/aromatic N) is 3. The lowest BCUT2D eigenvalue weighted by molar-refractivity contribution is -0.0328. The van der Waals surface area contributed by atoms with Crippen LogP contribution in [0.4, 0.5) is 24.7 Å². The zero-order chi connectivity index (χ0) is 18.3. The number of anilines is 2. The van der Waals surface area contributed by atoms with E-state index >= 15 is 0 Å². The first kappa shape index (κ1) is 17.0. The Morgan fingerprint density at radius 1 is 1.08 bits per heavy atom. The second-order valence-corrected chi connectivity index (χ2v) is 6.93. The Hall–Kier alpha value is -2.45. The van der Waals surface area contributed by atoms with Gasteiger partial charge >= 0.3 is 5.51 Å². The van der Waals surface area contributed by atoms with Crippen LogP contribution in [0, 0.1) is 0 Å². The molecule has 2 heterocycles. The summed E-state index contributed by atoms with van der Waals surface area (Å²) in [6.07, 6.45) is 3.41. The van der Waals surface area contributed by atoms with E-state index in [0.29, 0.717) is 27.7 Å². The average Bonchev–Trinajstić information content (AvgIpc) is 3.05. The fourth-order valence-electron chi connectivity index (χ4n) is 2.62. The maximum atomic E-state index is 12.4. The highest BCUT2D eigenvalue weighted by atomic mass is 35.5. The van der Waals surface area contributed by atoms with Crippen molar-refractivity contribution in [2.75, 3.05) is 5.32 Å². The highest BCUT2D eigenvalue weighted by Gasteiger charge is 2.29. The van der Waals surface area contributed by atoms with E-state index in [-0.39, 0.29) is 16.7 Å². The summed E-state index contributed by atoms with van der Waals surface area (Å²) in [5, 5.41) is 3.66. The molecule has 0 bridgehead atoms. The molecule has 1 N–H and O–H groups in total. The summed E-state index contributed by atoms with van der Waals surface area (Å²) in [6, 6.07) is 11.3. The Morgan fingerprint density at radius 2 is 1.85 bits per heavy atom. The first-order valence-corrected chi connectivity index (χ1v) is 8.64. The molecule has 9 heteroatoms. The molecule has 0 fully saturated rings. The fourth-order valence-corrected chi connectivity index (χ4v) is 3.42. The van der Waals surface area contributed by atoms with Gasteiger partial charge in [-0.15, -0.1) is 0 Å². The molecule has 0 saturated carbocycles. The molecule has 4 rings (SSSR count). The standard InChI is InChI=1S/C17H10ClF3N4S/c18-12-2-1-3-13-14(12)25-9-8-22-16(25)15(24-13)23-10-4-6-11(7-5-10)26-17(19,20)21/h1-9H,(H,23,24). The van der Waals surface area contributed by atoms with Crippen LogP contribution >= 0.6 is 23.4 Å². The lowest BCUT2D eigenvalue weighted by Gasteiger charge is -2.11. The number of fused-ring (bicyclic) bond motifs is 3. The number of hydrogen-bond acceptors (Lipinski definition) is 4. The number of imidazole rings is 1. The lowest BCUT2D eigenvalue weighted by Crippen LogP contribution is -2.01. The van der Waals surface area contributed by atoms with Crippen molar-refractivity contribution in [1.29, 1.82) is 0 Å². The van der Waals surface area contributed by atoms with Crippen LogP contribution in [0.3, 0.4) is 0 Å². The van der Waals surface area contributed by atoms with E-state index in [1.54, 1.807) is 36.7 Å². The van der Waals surface area contributed by atoms with Gasteiger partial charge in [0.1, 0.15) is 0 Å². The number of thioether (sulfide) groups is 1. The lowest BCUT2D eigenvalue weighted by atomic mass is 10.3. The highest BCUT2D eigenvalue weighted by molar-refractivity contribution is 8.00. The normalized spacial score (nSPS) is 12.0. The molecule has 4 nitrogen and oxygen atoms in total. The molecule has 0 saturated heterocycles. The maximum Gasteiger partial charge on any atom is 0.446 e. The van der Waals surface area contributed by atoms with E-state index in [2.05, 4.69) is 15.3 Å². The summed E-state index contributed by atoms with van der Waals surface area (Å²) in [4.78, 5) is 8.97. The van der Waals surface area contributed by atoms with Gasteiger partial charge in [0.05, 0.1) is 16.1 Å². The van der Waals surface area contributed by atoms with Crippen LogP contribution in [0.15, 0.2) is 59.8 Å². The van der Waals surface area contributed by atoms with Crippen molar-refractivity contribution in [2.45, 2.75) is 10.4 Å². The summed E-state index contributed by atoms with van der Waals surface area (Å²) in [5.41, 5.74) is -1.72. The number of benzene rings is 2. The molecule has 0 atom stereocenters. The van der Waals surface area contributed by atoms with Crippen LogP contribution in [-0.2, 0) is 0 Å². The number of aromatic nitrogens is 3. The fraction of sp³-hybridized carbons (Fsp3) is 0.0588. The minimum absolute atomic E-state index is 0.118. The van der Waals surface area contributed by atoms with Gasteiger partial charge in [-0.2, -0.15) is 13.2 Å². The van der Waals surface area contributed by atoms with Gasteiger partial charge in [-0.1, -0.05) is 17.7 Å². The van der Waals surface area contributed by atoms with E-state index in [9.17, 15) is 13.2 Å². The van der Waals surface area contributed by atoms with Crippen molar-refractivity contribution >= 4 is 51.5 Å². The number of nitrogens with one attached hydrogen (secondary N) is 1. The van der Waals surface area contributed by atoms with Crippen LogP contribution in [0.5, 0.6) is 0 Å². The van der Waals surface area contributed by atoms with E-state index in [1.807, 2.05) is 10.5 Å². The Kier molecular flexibility index (Phi) is 4.16. The van der Waals surface area contributed by atoms with Crippen molar-refractivity contribution in [3.05, 3.63) is 59.9 Å². The molecule has 0 unspecified atom stereocenters. The molecule has 26 heavy (non-hydrogen) atoms. The molecule has 0 amide bonds. The Bertz CT molecular complexity index is 1090. The van der Waals surface area contributed by atoms with Gasteiger partial charge in [0.15, 0.2) is 11.5 Å². The number of halogens is 4. The quantitative estimate of drug-likeness (QED) is 0.440. The van der Waals surface area contributed by atoms with Crippen molar-refractivity contribution in [2.24, 2.45) is 0 Å². The third-order valence-electron chi connectivity index (χ3n) is 3.64. The topological polar surface area (TPSA) is 42.2 Å². The number of para-hydroxylation sites is 1. The Balaban J connectivity index is 1.72. The van der Waals surface area contributed by atoms with Crippen LogP contribution in [0.2, 0.25) is 5.02 Å². The first-order chi connectivity index (χ1) is 12.4. The van der Waals surface area contributed by atoms with Crippen molar-refractivity contribution < 1.29 is 13.2 Å². The molecular weight excluding hydrogens is 385 g/mol. The molecule has 2 aromatic carbocycles. The molecule has 0 aliphatic heterocycles. The third-order valence-corrected chi connectivity index (χ3v) is 4.69. The monoisotopic (exact) mass is 394 g/mol. The molecule has 2 aromatic heterocycles. The highest BCUT2D eigenvalue weighted by Crippen LogP contribution is 2.37. The molecule has 0 aliphatic carbocycles. The predicted molar refractivity (Wildman–Crippen MR) is 97.1 cm³/mol. The third kappa shape index (κ3) is 3.30. The maximum absolute atomic E-state index is 12.4. The van der Waals surface area contributed by atoms with Crippen LogP contribution in [0.25, 0.3) is 16.7 Å². The molecular formula is C17H10ClF3N4S. The predicted octanol–water partition coefficient (Wildman–Crippen LogP) is 5.89. The summed E-state index contributed by atoms with van der Waals surface area (Å²) in [5.74, 6) is 0.487. The first-order valence-electron chi connectivity index (χ1n) is 7.45. The van der Waals surface area contributed by atoms with Gasteiger partial charge in [0, 0.05) is 23.0 Å². The molecule has 4 aromatic rings. The SMILES string of the molecule is FC(F)(F)Sc1ccc(Nc2nc3cccc(Cl)c3n3ccnc23)cc1. The number of rotatable bonds is 3. The van der Waals surface area contributed by atoms with Gasteiger partial charge in [-0.25, -0.2) is 9.97 Å². The summed E-state index contributed by atoms with van der Waals surface area (Å²) < 4.78 is 39.1. The van der Waals surface area contributed by atoms with Gasteiger partial charge in [-0.05, 0) is 48.2 Å². The van der Waals surface area contributed by atoms with Crippen LogP contribution < -0.4 is 5.32 Å². The molecule has 132 valence electrons. The van der Waals surface area contributed by atoms with E-state index in [1.165, 1.54) is 12.1 Å². The van der Waals surface area contributed by atoms with E-state index in [0.717, 1.165) is 5.52 Å². The van der Waals surface area contributed by atoms with Crippen LogP contribution in [-0.4, -0.2) is 19.9 Å². The largest absolute Gasteiger partial charge is 0.446 e. The van der Waals surface area contributed by atoms with Crippen molar-refractivity contribution in [3.8, 4) is 0 Å². The minimum atomic E-state index is -4.31. The van der Waals surface area contributed by atoms with Gasteiger partial charge in [0.2, 0.25) is 0 Å². The van der Waals surface area contributed by atoms with Gasteiger partial charge in [-0.3, -0.25) is 4.40 Å². The average molecular weight is 395 g/mol. The zero-order valence-electron chi connectivity index (χ0n) is 13.0. The number of alkyl halides is 3. The molecule has 0 radical (unpaired) electrons. The van der Waals surface area contributed by atoms with Crippen molar-refractivity contribution in [1.82, 2.24) is 14.4 Å². The molecule has 0 aliphatic rings. The van der Waals surface area contributed by atoms with Crippen molar-refractivity contribution in [3.63, 3.8) is 0 Å². The smallest absolute Gasteiger partial charge is 0.337 e. The summed E-state index contributed by atoms with van der Waals surface area (Å²) in [6.45, 7) is 0. The number of hydrogen-bond donors (Lipinski definition) is 1. The minimum Gasteiger partial charge on any atom is -0.337 e. The molecule has 0 spiro atoms. The second kappa shape index (κ2) is 6.37. The van der Waals surface area contributed by atoms with E-state index < -0.39 is 5.51 Å². The Morgan fingerprint density at radius 3 is 2.58 bits per heavy atom. The van der Waals surface area contributed by atoms with Crippen LogP contribution in [0.1, 0.15) is 0 Å².